The molecule has 0 radical (unpaired) electrons. The maximum Gasteiger partial charge on any atom is 0.251 e. The zero-order valence-corrected chi connectivity index (χ0v) is 11.7. The number of benzene rings is 1. The second kappa shape index (κ2) is 5.96. The molecular formula is C13H9BrF2N2O2. The van der Waals surface area contributed by atoms with Crippen molar-refractivity contribution in [2.75, 3.05) is 5.32 Å². The van der Waals surface area contributed by atoms with Gasteiger partial charge in [-0.1, -0.05) is 0 Å². The summed E-state index contributed by atoms with van der Waals surface area (Å²) in [5.74, 6) is -2.14. The summed E-state index contributed by atoms with van der Waals surface area (Å²) in [4.78, 5) is 23.2. The van der Waals surface area contributed by atoms with Gasteiger partial charge in [0.15, 0.2) is 0 Å². The number of nitrogens with zero attached hydrogens (tertiary/aromatic N) is 1. The number of carbonyl (C=O) groups excluding carboxylic acids is 1. The SMILES string of the molecule is O=C(Cn1cc(Br)ccc1=O)Nc1cc(F)cc(F)c1. The molecule has 1 heterocycles. The summed E-state index contributed by atoms with van der Waals surface area (Å²) in [6.45, 7) is -0.254. The summed E-state index contributed by atoms with van der Waals surface area (Å²) in [5.41, 5.74) is -0.357. The fraction of sp³-hybridized carbons (Fsp3) is 0.0769. The van der Waals surface area contributed by atoms with Crippen LogP contribution in [0.4, 0.5) is 14.5 Å². The Hall–Kier alpha value is -2.02. The van der Waals surface area contributed by atoms with E-state index < -0.39 is 17.5 Å². The van der Waals surface area contributed by atoms with Gasteiger partial charge in [0.2, 0.25) is 5.91 Å². The maximum absolute atomic E-state index is 13.0. The van der Waals surface area contributed by atoms with Crippen molar-refractivity contribution in [3.05, 3.63) is 63.0 Å². The van der Waals surface area contributed by atoms with Crippen LogP contribution < -0.4 is 10.9 Å². The molecule has 1 N–H and O–H groups in total. The molecule has 1 aromatic heterocycles. The molecule has 0 aliphatic rings. The van der Waals surface area contributed by atoms with Crippen molar-refractivity contribution in [3.63, 3.8) is 0 Å². The highest BCUT2D eigenvalue weighted by molar-refractivity contribution is 9.10. The van der Waals surface area contributed by atoms with Crippen molar-refractivity contribution >= 4 is 27.5 Å². The second-order valence-corrected chi connectivity index (χ2v) is 4.94. The van der Waals surface area contributed by atoms with Crippen molar-refractivity contribution in [1.29, 1.82) is 0 Å². The first-order valence-electron chi connectivity index (χ1n) is 5.56. The lowest BCUT2D eigenvalue weighted by Gasteiger charge is -2.08. The van der Waals surface area contributed by atoms with Crippen molar-refractivity contribution in [1.82, 2.24) is 4.57 Å². The van der Waals surface area contributed by atoms with Crippen LogP contribution in [0.3, 0.4) is 0 Å². The van der Waals surface area contributed by atoms with E-state index >= 15 is 0 Å². The van der Waals surface area contributed by atoms with Crippen molar-refractivity contribution in [2.24, 2.45) is 0 Å². The van der Waals surface area contributed by atoms with E-state index in [0.717, 1.165) is 12.1 Å². The van der Waals surface area contributed by atoms with E-state index in [-0.39, 0.29) is 17.8 Å². The molecule has 0 bridgehead atoms. The molecule has 0 unspecified atom stereocenters. The predicted octanol–water partition coefficient (Wildman–Crippen LogP) is 2.53. The lowest BCUT2D eigenvalue weighted by atomic mass is 10.3. The average Bonchev–Trinajstić information content (AvgIpc) is 2.32. The molecule has 1 amide bonds. The monoisotopic (exact) mass is 342 g/mol. The average molecular weight is 343 g/mol. The van der Waals surface area contributed by atoms with Crippen LogP contribution in [-0.4, -0.2) is 10.5 Å². The zero-order chi connectivity index (χ0) is 14.7. The van der Waals surface area contributed by atoms with Crippen LogP contribution >= 0.6 is 15.9 Å². The lowest BCUT2D eigenvalue weighted by molar-refractivity contribution is -0.116. The molecule has 2 aromatic rings. The highest BCUT2D eigenvalue weighted by Crippen LogP contribution is 2.13. The number of anilines is 1. The van der Waals surface area contributed by atoms with Crippen LogP contribution in [0.15, 0.2) is 45.8 Å². The Labute approximate surface area is 121 Å². The van der Waals surface area contributed by atoms with Gasteiger partial charge in [0, 0.05) is 28.5 Å². The van der Waals surface area contributed by atoms with Crippen LogP contribution in [0, 0.1) is 11.6 Å². The molecule has 2 rings (SSSR count). The Balaban J connectivity index is 2.13. The Morgan fingerprint density at radius 1 is 1.20 bits per heavy atom. The molecule has 0 saturated heterocycles. The van der Waals surface area contributed by atoms with E-state index in [4.69, 9.17) is 0 Å². The number of halogens is 3. The standard InChI is InChI=1S/C13H9BrF2N2O2/c14-8-1-2-13(20)18(6-8)7-12(19)17-11-4-9(15)3-10(16)5-11/h1-6H,7H2,(H,17,19). The van der Waals surface area contributed by atoms with Crippen LogP contribution in [0.2, 0.25) is 0 Å². The Morgan fingerprint density at radius 3 is 2.50 bits per heavy atom. The smallest absolute Gasteiger partial charge is 0.251 e. The third-order valence-corrected chi connectivity index (χ3v) is 2.88. The molecule has 0 atom stereocenters. The molecular weight excluding hydrogens is 334 g/mol. The molecule has 0 spiro atoms. The minimum Gasteiger partial charge on any atom is -0.324 e. The van der Waals surface area contributed by atoms with E-state index in [1.807, 2.05) is 0 Å². The number of nitrogens with one attached hydrogen (secondary N) is 1. The van der Waals surface area contributed by atoms with Gasteiger partial charge in [0.05, 0.1) is 0 Å². The molecule has 4 nitrogen and oxygen atoms in total. The van der Waals surface area contributed by atoms with Crippen LogP contribution in [0.5, 0.6) is 0 Å². The lowest BCUT2D eigenvalue weighted by Crippen LogP contribution is -2.26. The highest BCUT2D eigenvalue weighted by atomic mass is 79.9. The van der Waals surface area contributed by atoms with Gasteiger partial charge in [0.25, 0.3) is 5.56 Å². The number of hydrogen-bond acceptors (Lipinski definition) is 2. The van der Waals surface area contributed by atoms with Crippen molar-refractivity contribution < 1.29 is 13.6 Å². The molecule has 0 aliphatic carbocycles. The van der Waals surface area contributed by atoms with Gasteiger partial charge in [-0.2, -0.15) is 0 Å². The molecule has 104 valence electrons. The first kappa shape index (κ1) is 14.4. The van der Waals surface area contributed by atoms with E-state index in [9.17, 15) is 18.4 Å². The minimum absolute atomic E-state index is 0.00412. The quantitative estimate of drug-likeness (QED) is 0.931. The third-order valence-electron chi connectivity index (χ3n) is 2.41. The molecule has 0 aliphatic heterocycles. The molecule has 20 heavy (non-hydrogen) atoms. The zero-order valence-electron chi connectivity index (χ0n) is 10.1. The van der Waals surface area contributed by atoms with Gasteiger partial charge < -0.3 is 9.88 Å². The van der Waals surface area contributed by atoms with E-state index in [2.05, 4.69) is 21.2 Å². The second-order valence-electron chi connectivity index (χ2n) is 4.02. The number of aromatic nitrogens is 1. The van der Waals surface area contributed by atoms with Gasteiger partial charge in [-0.25, -0.2) is 8.78 Å². The van der Waals surface area contributed by atoms with Crippen LogP contribution in [0.1, 0.15) is 0 Å². The van der Waals surface area contributed by atoms with E-state index in [1.54, 1.807) is 6.07 Å². The highest BCUT2D eigenvalue weighted by Gasteiger charge is 2.07. The third kappa shape index (κ3) is 3.74. The van der Waals surface area contributed by atoms with Gasteiger partial charge >= 0.3 is 0 Å². The number of carbonyl (C=O) groups is 1. The first-order valence-corrected chi connectivity index (χ1v) is 6.35. The van der Waals surface area contributed by atoms with Gasteiger partial charge in [-0.05, 0) is 34.1 Å². The summed E-state index contributed by atoms with van der Waals surface area (Å²) in [6, 6.07) is 5.54. The summed E-state index contributed by atoms with van der Waals surface area (Å²) in [7, 11) is 0. The number of amides is 1. The van der Waals surface area contributed by atoms with E-state index in [1.165, 1.54) is 16.8 Å². The Morgan fingerprint density at radius 2 is 1.85 bits per heavy atom. The summed E-state index contributed by atoms with van der Waals surface area (Å²) in [6.07, 6.45) is 1.45. The normalized spacial score (nSPS) is 10.3. The Kier molecular flexibility index (Phi) is 4.29. The molecule has 7 heteroatoms. The molecule has 0 fully saturated rings. The van der Waals surface area contributed by atoms with Crippen LogP contribution in [-0.2, 0) is 11.3 Å². The van der Waals surface area contributed by atoms with Gasteiger partial charge in [-0.15, -0.1) is 0 Å². The number of pyridine rings is 1. The van der Waals surface area contributed by atoms with Crippen LogP contribution in [0.25, 0.3) is 0 Å². The maximum atomic E-state index is 13.0. The summed E-state index contributed by atoms with van der Waals surface area (Å²) in [5, 5.41) is 2.32. The fourth-order valence-electron chi connectivity index (χ4n) is 1.61. The van der Waals surface area contributed by atoms with Gasteiger partial charge in [0.1, 0.15) is 18.2 Å². The van der Waals surface area contributed by atoms with Crippen molar-refractivity contribution in [2.45, 2.75) is 6.54 Å². The molecule has 0 saturated carbocycles. The minimum atomic E-state index is -0.792. The Bertz CT molecular complexity index is 696. The fourth-order valence-corrected chi connectivity index (χ4v) is 1.99. The van der Waals surface area contributed by atoms with E-state index in [0.29, 0.717) is 10.5 Å². The summed E-state index contributed by atoms with van der Waals surface area (Å²) < 4.78 is 27.8. The predicted molar refractivity (Wildman–Crippen MR) is 73.4 cm³/mol. The number of hydrogen-bond donors (Lipinski definition) is 1. The molecule has 1 aromatic carbocycles. The van der Waals surface area contributed by atoms with Crippen molar-refractivity contribution in [3.8, 4) is 0 Å². The number of rotatable bonds is 3. The largest absolute Gasteiger partial charge is 0.324 e. The topological polar surface area (TPSA) is 51.1 Å². The van der Waals surface area contributed by atoms with Gasteiger partial charge in [-0.3, -0.25) is 9.59 Å². The summed E-state index contributed by atoms with van der Waals surface area (Å²) >= 11 is 3.18. The first-order chi connectivity index (χ1) is 9.44.